The Labute approximate surface area is 107 Å². The van der Waals surface area contributed by atoms with Crippen LogP contribution in [0.3, 0.4) is 0 Å². The quantitative estimate of drug-likeness (QED) is 0.820. The van der Waals surface area contributed by atoms with Gasteiger partial charge in [0, 0.05) is 18.8 Å². The molecule has 1 fully saturated rings. The molecule has 0 saturated carbocycles. The Morgan fingerprint density at radius 3 is 2.67 bits per heavy atom. The Hall–Kier alpha value is -1.58. The molecule has 1 amide bonds. The topological polar surface area (TPSA) is 46.3 Å². The average molecular weight is 250 g/mol. The first-order valence-corrected chi connectivity index (χ1v) is 6.46. The molecule has 1 aromatic rings. The lowest BCUT2D eigenvalue weighted by Gasteiger charge is -2.31. The van der Waals surface area contributed by atoms with Crippen LogP contribution in [-0.4, -0.2) is 23.9 Å². The van der Waals surface area contributed by atoms with Gasteiger partial charge in [-0.25, -0.2) is 4.39 Å². The van der Waals surface area contributed by atoms with Gasteiger partial charge in [-0.15, -0.1) is 0 Å². The molecule has 1 aromatic carbocycles. The summed E-state index contributed by atoms with van der Waals surface area (Å²) in [5.74, 6) is -0.0509. The SMILES string of the molecule is CCC1CCN(C(=O)c2ccc(N)cc2F)CC1. The summed E-state index contributed by atoms with van der Waals surface area (Å²) >= 11 is 0. The lowest BCUT2D eigenvalue weighted by molar-refractivity contribution is 0.0684. The van der Waals surface area contributed by atoms with Crippen molar-refractivity contribution >= 4 is 11.6 Å². The van der Waals surface area contributed by atoms with Gasteiger partial charge in [0.15, 0.2) is 0 Å². The van der Waals surface area contributed by atoms with Crippen LogP contribution < -0.4 is 5.73 Å². The first kappa shape index (κ1) is 12.9. The molecule has 3 nitrogen and oxygen atoms in total. The highest BCUT2D eigenvalue weighted by Crippen LogP contribution is 2.22. The van der Waals surface area contributed by atoms with Gasteiger partial charge in [-0.2, -0.15) is 0 Å². The molecule has 2 N–H and O–H groups in total. The third-order valence-corrected chi connectivity index (χ3v) is 3.70. The van der Waals surface area contributed by atoms with Gasteiger partial charge < -0.3 is 10.6 Å². The fraction of sp³-hybridized carbons (Fsp3) is 0.500. The monoisotopic (exact) mass is 250 g/mol. The predicted octanol–water partition coefficient (Wildman–Crippen LogP) is 2.67. The molecule has 1 saturated heterocycles. The van der Waals surface area contributed by atoms with Crippen molar-refractivity contribution in [3.05, 3.63) is 29.6 Å². The highest BCUT2D eigenvalue weighted by atomic mass is 19.1. The molecule has 1 aliphatic rings. The molecule has 0 unspecified atom stereocenters. The molecule has 0 atom stereocenters. The van der Waals surface area contributed by atoms with Gasteiger partial charge in [0.2, 0.25) is 0 Å². The molecule has 2 rings (SSSR count). The average Bonchev–Trinajstić information content (AvgIpc) is 2.38. The van der Waals surface area contributed by atoms with Crippen molar-refractivity contribution in [1.29, 1.82) is 0 Å². The van der Waals surface area contributed by atoms with Crippen LogP contribution in [0.15, 0.2) is 18.2 Å². The minimum absolute atomic E-state index is 0.124. The van der Waals surface area contributed by atoms with Gasteiger partial charge in [-0.05, 0) is 37.0 Å². The van der Waals surface area contributed by atoms with Gasteiger partial charge in [-0.3, -0.25) is 4.79 Å². The van der Waals surface area contributed by atoms with E-state index < -0.39 is 5.82 Å². The Balaban J connectivity index is 2.08. The molecule has 18 heavy (non-hydrogen) atoms. The molecule has 0 aromatic heterocycles. The third-order valence-electron chi connectivity index (χ3n) is 3.70. The summed E-state index contributed by atoms with van der Waals surface area (Å²) in [6.45, 7) is 3.62. The molecule has 4 heteroatoms. The van der Waals surface area contributed by atoms with Crippen LogP contribution in [0.2, 0.25) is 0 Å². The molecular weight excluding hydrogens is 231 g/mol. The van der Waals surface area contributed by atoms with Gasteiger partial charge in [-0.1, -0.05) is 13.3 Å². The van der Waals surface area contributed by atoms with Crippen molar-refractivity contribution in [3.8, 4) is 0 Å². The molecule has 1 aliphatic heterocycles. The van der Waals surface area contributed by atoms with Crippen LogP contribution >= 0.6 is 0 Å². The van der Waals surface area contributed by atoms with Crippen LogP contribution in [0.4, 0.5) is 10.1 Å². The maximum absolute atomic E-state index is 13.7. The number of carbonyl (C=O) groups is 1. The number of amides is 1. The van der Waals surface area contributed by atoms with Gasteiger partial charge in [0.05, 0.1) is 5.56 Å². The summed E-state index contributed by atoms with van der Waals surface area (Å²) < 4.78 is 13.7. The summed E-state index contributed by atoms with van der Waals surface area (Å²) in [6, 6.07) is 4.24. The number of carbonyl (C=O) groups excluding carboxylic acids is 1. The van der Waals surface area contributed by atoms with Crippen LogP contribution in [0.1, 0.15) is 36.5 Å². The van der Waals surface area contributed by atoms with E-state index in [2.05, 4.69) is 6.92 Å². The fourth-order valence-corrected chi connectivity index (χ4v) is 2.42. The van der Waals surface area contributed by atoms with E-state index in [1.807, 2.05) is 0 Å². The third kappa shape index (κ3) is 2.63. The second-order valence-electron chi connectivity index (χ2n) is 4.88. The molecule has 98 valence electrons. The van der Waals surface area contributed by atoms with E-state index in [1.54, 1.807) is 11.0 Å². The molecule has 0 spiro atoms. The highest BCUT2D eigenvalue weighted by molar-refractivity contribution is 5.94. The van der Waals surface area contributed by atoms with Gasteiger partial charge in [0.25, 0.3) is 5.91 Å². The molecule has 1 heterocycles. The van der Waals surface area contributed by atoms with E-state index in [0.717, 1.165) is 32.4 Å². The first-order chi connectivity index (χ1) is 8.61. The first-order valence-electron chi connectivity index (χ1n) is 6.46. The van der Waals surface area contributed by atoms with E-state index in [1.165, 1.54) is 12.1 Å². The van der Waals surface area contributed by atoms with Crippen molar-refractivity contribution in [2.75, 3.05) is 18.8 Å². The number of piperidine rings is 1. The summed E-state index contributed by atoms with van der Waals surface area (Å²) in [6.07, 6.45) is 3.18. The van der Waals surface area contributed by atoms with Gasteiger partial charge >= 0.3 is 0 Å². The van der Waals surface area contributed by atoms with E-state index >= 15 is 0 Å². The fourth-order valence-electron chi connectivity index (χ4n) is 2.42. The van der Waals surface area contributed by atoms with Crippen LogP contribution in [0.25, 0.3) is 0 Å². The summed E-state index contributed by atoms with van der Waals surface area (Å²) in [7, 11) is 0. The van der Waals surface area contributed by atoms with Crippen LogP contribution in [0, 0.1) is 11.7 Å². The number of anilines is 1. The minimum Gasteiger partial charge on any atom is -0.399 e. The minimum atomic E-state index is -0.530. The Morgan fingerprint density at radius 1 is 1.44 bits per heavy atom. The molecule has 0 radical (unpaired) electrons. The Kier molecular flexibility index (Phi) is 3.84. The normalized spacial score (nSPS) is 16.9. The number of nitrogens with two attached hydrogens (primary N) is 1. The van der Waals surface area contributed by atoms with E-state index in [4.69, 9.17) is 5.73 Å². The lowest BCUT2D eigenvalue weighted by atomic mass is 9.94. The maximum atomic E-state index is 13.7. The zero-order valence-electron chi connectivity index (χ0n) is 10.7. The van der Waals surface area contributed by atoms with E-state index in [-0.39, 0.29) is 11.5 Å². The van der Waals surface area contributed by atoms with Crippen molar-refractivity contribution < 1.29 is 9.18 Å². The number of benzene rings is 1. The highest BCUT2D eigenvalue weighted by Gasteiger charge is 2.24. The number of likely N-dealkylation sites (tertiary alicyclic amines) is 1. The zero-order chi connectivity index (χ0) is 13.1. The summed E-state index contributed by atoms with van der Waals surface area (Å²) in [4.78, 5) is 13.9. The van der Waals surface area contributed by atoms with Crippen LogP contribution in [-0.2, 0) is 0 Å². The number of hydrogen-bond acceptors (Lipinski definition) is 2. The second kappa shape index (κ2) is 5.38. The standard InChI is InChI=1S/C14H19FN2O/c1-2-10-5-7-17(8-6-10)14(18)12-4-3-11(16)9-13(12)15/h3-4,9-10H,2,5-8,16H2,1H3. The largest absolute Gasteiger partial charge is 0.399 e. The number of halogens is 1. The Bertz CT molecular complexity index is 439. The number of rotatable bonds is 2. The number of nitrogen functional groups attached to an aromatic ring is 1. The van der Waals surface area contributed by atoms with Crippen molar-refractivity contribution in [2.24, 2.45) is 5.92 Å². The van der Waals surface area contributed by atoms with Crippen molar-refractivity contribution in [2.45, 2.75) is 26.2 Å². The maximum Gasteiger partial charge on any atom is 0.256 e. The molecule has 0 aliphatic carbocycles. The van der Waals surface area contributed by atoms with E-state index in [0.29, 0.717) is 11.6 Å². The smallest absolute Gasteiger partial charge is 0.256 e. The van der Waals surface area contributed by atoms with Crippen molar-refractivity contribution in [1.82, 2.24) is 4.90 Å². The summed E-state index contributed by atoms with van der Waals surface area (Å²) in [5.41, 5.74) is 5.94. The lowest BCUT2D eigenvalue weighted by Crippen LogP contribution is -2.38. The molecular formula is C14H19FN2O. The van der Waals surface area contributed by atoms with Crippen molar-refractivity contribution in [3.63, 3.8) is 0 Å². The van der Waals surface area contributed by atoms with Crippen LogP contribution in [0.5, 0.6) is 0 Å². The number of nitrogens with zero attached hydrogens (tertiary/aromatic N) is 1. The van der Waals surface area contributed by atoms with E-state index in [9.17, 15) is 9.18 Å². The Morgan fingerprint density at radius 2 is 2.11 bits per heavy atom. The second-order valence-corrected chi connectivity index (χ2v) is 4.88. The number of hydrogen-bond donors (Lipinski definition) is 1. The van der Waals surface area contributed by atoms with Gasteiger partial charge in [0.1, 0.15) is 5.82 Å². The molecule has 0 bridgehead atoms. The zero-order valence-corrected chi connectivity index (χ0v) is 10.7. The summed E-state index contributed by atoms with van der Waals surface area (Å²) in [5, 5.41) is 0. The predicted molar refractivity (Wildman–Crippen MR) is 69.7 cm³/mol.